The van der Waals surface area contributed by atoms with Crippen molar-refractivity contribution >= 4 is 5.78 Å². The van der Waals surface area contributed by atoms with Gasteiger partial charge < -0.3 is 4.74 Å². The van der Waals surface area contributed by atoms with Crippen molar-refractivity contribution in [2.75, 3.05) is 6.61 Å². The Morgan fingerprint density at radius 2 is 2.00 bits per heavy atom. The number of benzene rings is 1. The first-order chi connectivity index (χ1) is 9.18. The van der Waals surface area contributed by atoms with E-state index in [0.29, 0.717) is 35.7 Å². The van der Waals surface area contributed by atoms with Crippen molar-refractivity contribution in [3.05, 3.63) is 63.4 Å². The molecule has 3 rings (SSSR count). The number of hydrogen-bond acceptors (Lipinski definition) is 3. The molecule has 4 heteroatoms. The maximum absolute atomic E-state index is 12.5. The quantitative estimate of drug-likeness (QED) is 0.768. The van der Waals surface area contributed by atoms with E-state index in [1.807, 2.05) is 18.2 Å². The average Bonchev–Trinajstić information content (AvgIpc) is 2.89. The van der Waals surface area contributed by atoms with Gasteiger partial charge in [-0.05, 0) is 12.5 Å². The smallest absolute Gasteiger partial charge is 0.253 e. The van der Waals surface area contributed by atoms with Crippen molar-refractivity contribution in [2.24, 2.45) is 0 Å². The minimum Gasteiger partial charge on any atom is -0.476 e. The second-order valence-electron chi connectivity index (χ2n) is 4.54. The number of aromatic nitrogens is 1. The van der Waals surface area contributed by atoms with E-state index in [0.717, 1.165) is 0 Å². The second kappa shape index (κ2) is 4.39. The summed E-state index contributed by atoms with van der Waals surface area (Å²) < 4.78 is 6.99. The molecule has 2 heterocycles. The molecule has 0 unspecified atom stereocenters. The summed E-state index contributed by atoms with van der Waals surface area (Å²) in [6.07, 6.45) is 0. The zero-order valence-corrected chi connectivity index (χ0v) is 10.6. The topological polar surface area (TPSA) is 48.3 Å². The van der Waals surface area contributed by atoms with Crippen molar-refractivity contribution in [2.45, 2.75) is 13.5 Å². The molecule has 19 heavy (non-hydrogen) atoms. The molecule has 2 aromatic rings. The number of carbonyl (C=O) groups excluding carboxylic acids is 1. The Bertz CT molecular complexity index is 701. The van der Waals surface area contributed by atoms with Crippen LogP contribution in [-0.2, 0) is 6.54 Å². The van der Waals surface area contributed by atoms with E-state index in [1.54, 1.807) is 19.1 Å². The zero-order chi connectivity index (χ0) is 13.4. The number of ether oxygens (including phenoxy) is 1. The maximum Gasteiger partial charge on any atom is 0.253 e. The number of rotatable bonds is 2. The molecular formula is C15H13NO3. The third kappa shape index (κ3) is 1.85. The highest BCUT2D eigenvalue weighted by Gasteiger charge is 2.25. The fourth-order valence-corrected chi connectivity index (χ4v) is 2.34. The van der Waals surface area contributed by atoms with Crippen LogP contribution in [0.15, 0.2) is 41.2 Å². The van der Waals surface area contributed by atoms with Gasteiger partial charge in [0.2, 0.25) is 5.88 Å². The Kier molecular flexibility index (Phi) is 2.71. The lowest BCUT2D eigenvalue weighted by Gasteiger charge is -2.10. The predicted molar refractivity (Wildman–Crippen MR) is 70.8 cm³/mol. The Morgan fingerprint density at radius 1 is 1.26 bits per heavy atom. The van der Waals surface area contributed by atoms with Gasteiger partial charge in [0.15, 0.2) is 5.78 Å². The van der Waals surface area contributed by atoms with Crippen LogP contribution in [0.25, 0.3) is 0 Å². The number of fused-ring (bicyclic) bond motifs is 1. The van der Waals surface area contributed by atoms with E-state index in [4.69, 9.17) is 4.74 Å². The lowest BCUT2D eigenvalue weighted by molar-refractivity contribution is 0.103. The first-order valence-electron chi connectivity index (χ1n) is 6.15. The summed E-state index contributed by atoms with van der Waals surface area (Å²) in [4.78, 5) is 24.4. The SMILES string of the molecule is Cc1cc(=O)n2c(c1C(=O)c1ccccc1)OCC2. The van der Waals surface area contributed by atoms with Gasteiger partial charge in [0.05, 0.1) is 12.1 Å². The fraction of sp³-hybridized carbons (Fsp3) is 0.200. The number of hydrogen-bond donors (Lipinski definition) is 0. The van der Waals surface area contributed by atoms with Crippen LogP contribution in [0, 0.1) is 6.92 Å². The highest BCUT2D eigenvalue weighted by molar-refractivity contribution is 6.11. The van der Waals surface area contributed by atoms with Gasteiger partial charge >= 0.3 is 0 Å². The summed E-state index contributed by atoms with van der Waals surface area (Å²) in [5.41, 5.74) is 1.63. The molecule has 0 saturated carbocycles. The first kappa shape index (κ1) is 11.7. The lowest BCUT2D eigenvalue weighted by atomic mass is 10.0. The molecule has 1 aromatic heterocycles. The number of ketones is 1. The summed E-state index contributed by atoms with van der Waals surface area (Å²) in [6, 6.07) is 10.5. The van der Waals surface area contributed by atoms with Crippen LogP contribution in [0.3, 0.4) is 0 Å². The Morgan fingerprint density at radius 3 is 2.74 bits per heavy atom. The molecule has 0 spiro atoms. The number of nitrogens with zero attached hydrogens (tertiary/aromatic N) is 1. The molecule has 0 atom stereocenters. The van der Waals surface area contributed by atoms with Gasteiger partial charge in [-0.2, -0.15) is 0 Å². The van der Waals surface area contributed by atoms with Crippen LogP contribution in [-0.4, -0.2) is 17.0 Å². The van der Waals surface area contributed by atoms with E-state index in [1.165, 1.54) is 10.6 Å². The summed E-state index contributed by atoms with van der Waals surface area (Å²) in [5, 5.41) is 0. The molecule has 0 N–H and O–H groups in total. The summed E-state index contributed by atoms with van der Waals surface area (Å²) in [6.45, 7) is 2.71. The standard InChI is InChI=1S/C15H13NO3/c1-10-9-12(17)16-7-8-19-15(16)13(10)14(18)11-5-3-2-4-6-11/h2-6,9H,7-8H2,1H3. The van der Waals surface area contributed by atoms with E-state index in [9.17, 15) is 9.59 Å². The molecular weight excluding hydrogens is 242 g/mol. The molecule has 0 aliphatic carbocycles. The van der Waals surface area contributed by atoms with Crippen LogP contribution in [0.2, 0.25) is 0 Å². The van der Waals surface area contributed by atoms with Crippen LogP contribution in [0.4, 0.5) is 0 Å². The van der Waals surface area contributed by atoms with E-state index >= 15 is 0 Å². The minimum atomic E-state index is -0.116. The van der Waals surface area contributed by atoms with Gasteiger partial charge in [-0.25, -0.2) is 0 Å². The molecule has 0 radical (unpaired) electrons. The summed E-state index contributed by atoms with van der Waals surface area (Å²) in [7, 11) is 0. The molecule has 1 aromatic carbocycles. The van der Waals surface area contributed by atoms with Gasteiger partial charge in [-0.1, -0.05) is 30.3 Å². The van der Waals surface area contributed by atoms with Crippen molar-refractivity contribution in [1.82, 2.24) is 4.57 Å². The van der Waals surface area contributed by atoms with E-state index < -0.39 is 0 Å². The van der Waals surface area contributed by atoms with Gasteiger partial charge in [0, 0.05) is 11.6 Å². The largest absolute Gasteiger partial charge is 0.476 e. The Hall–Kier alpha value is -2.36. The van der Waals surface area contributed by atoms with Gasteiger partial charge in [0.1, 0.15) is 6.61 Å². The van der Waals surface area contributed by atoms with Gasteiger partial charge in [-0.3, -0.25) is 14.2 Å². The van der Waals surface area contributed by atoms with E-state index in [2.05, 4.69) is 0 Å². The second-order valence-corrected chi connectivity index (χ2v) is 4.54. The fourth-order valence-electron chi connectivity index (χ4n) is 2.34. The van der Waals surface area contributed by atoms with Crippen LogP contribution in [0.5, 0.6) is 5.88 Å². The lowest BCUT2D eigenvalue weighted by Crippen LogP contribution is -2.20. The molecule has 1 aliphatic heterocycles. The number of aryl methyl sites for hydroxylation is 1. The average molecular weight is 255 g/mol. The maximum atomic E-state index is 12.5. The number of carbonyl (C=O) groups is 1. The molecule has 0 fully saturated rings. The van der Waals surface area contributed by atoms with Gasteiger partial charge in [0.25, 0.3) is 5.56 Å². The third-order valence-electron chi connectivity index (χ3n) is 3.28. The Balaban J connectivity index is 2.19. The van der Waals surface area contributed by atoms with Gasteiger partial charge in [-0.15, -0.1) is 0 Å². The van der Waals surface area contributed by atoms with Crippen LogP contribution < -0.4 is 10.3 Å². The number of pyridine rings is 1. The first-order valence-corrected chi connectivity index (χ1v) is 6.15. The highest BCUT2D eigenvalue weighted by atomic mass is 16.5. The molecule has 0 bridgehead atoms. The minimum absolute atomic E-state index is 0.108. The Labute approximate surface area is 110 Å². The van der Waals surface area contributed by atoms with Crippen molar-refractivity contribution in [3.8, 4) is 5.88 Å². The van der Waals surface area contributed by atoms with E-state index in [-0.39, 0.29) is 11.3 Å². The zero-order valence-electron chi connectivity index (χ0n) is 10.6. The van der Waals surface area contributed by atoms with Crippen molar-refractivity contribution in [3.63, 3.8) is 0 Å². The molecule has 4 nitrogen and oxygen atoms in total. The van der Waals surface area contributed by atoms with Crippen LogP contribution in [0.1, 0.15) is 21.5 Å². The van der Waals surface area contributed by atoms with Crippen LogP contribution >= 0.6 is 0 Å². The highest BCUT2D eigenvalue weighted by Crippen LogP contribution is 2.26. The van der Waals surface area contributed by atoms with Crippen molar-refractivity contribution in [1.29, 1.82) is 0 Å². The molecule has 0 amide bonds. The summed E-state index contributed by atoms with van der Waals surface area (Å²) >= 11 is 0. The monoisotopic (exact) mass is 255 g/mol. The summed E-state index contributed by atoms with van der Waals surface area (Å²) in [5.74, 6) is 0.294. The molecule has 0 saturated heterocycles. The molecule has 1 aliphatic rings. The normalized spacial score (nSPS) is 12.9. The van der Waals surface area contributed by atoms with Crippen molar-refractivity contribution < 1.29 is 9.53 Å². The molecule has 96 valence electrons. The predicted octanol–water partition coefficient (Wildman–Crippen LogP) is 1.78. The third-order valence-corrected chi connectivity index (χ3v) is 3.28.